The Labute approximate surface area is 155 Å². The molecule has 2 aromatic heterocycles. The van der Waals surface area contributed by atoms with Crippen LogP contribution < -0.4 is 11.1 Å². The number of aromatic nitrogens is 3. The van der Waals surface area contributed by atoms with Crippen LogP contribution in [0.15, 0.2) is 57.7 Å². The molecule has 0 atom stereocenters. The van der Waals surface area contributed by atoms with Gasteiger partial charge in [0.1, 0.15) is 5.82 Å². The molecule has 0 fully saturated rings. The van der Waals surface area contributed by atoms with E-state index in [4.69, 9.17) is 4.42 Å². The number of carbonyl (C=O) groups is 1. The second-order valence-electron chi connectivity index (χ2n) is 6.44. The fraction of sp³-hybridized carbons (Fsp3) is 0.250. The van der Waals surface area contributed by atoms with E-state index in [0.717, 1.165) is 22.4 Å². The second kappa shape index (κ2) is 7.11. The Hall–Kier alpha value is -3.35. The smallest absolute Gasteiger partial charge is 0.408 e. The maximum absolute atomic E-state index is 12.2. The molecule has 2 aromatic carbocycles. The number of hydrogen-bond acceptors (Lipinski definition) is 4. The number of para-hydroxylation sites is 4. The number of hydrogen-bond donors (Lipinski definition) is 1. The minimum atomic E-state index is -0.392. The zero-order valence-electron chi connectivity index (χ0n) is 15.0. The normalized spacial score (nSPS) is 11.3. The molecular weight excluding hydrogens is 344 g/mol. The van der Waals surface area contributed by atoms with Gasteiger partial charge in [0.25, 0.3) is 0 Å². The van der Waals surface area contributed by atoms with Crippen molar-refractivity contribution in [2.24, 2.45) is 7.05 Å². The molecule has 0 radical (unpaired) electrons. The third kappa shape index (κ3) is 3.36. The lowest BCUT2D eigenvalue weighted by Crippen LogP contribution is -2.25. The molecule has 0 saturated carbocycles. The number of amides is 1. The highest BCUT2D eigenvalue weighted by Gasteiger charge is 2.11. The van der Waals surface area contributed by atoms with E-state index in [1.165, 1.54) is 0 Å². The maximum atomic E-state index is 12.2. The van der Waals surface area contributed by atoms with Gasteiger partial charge in [0, 0.05) is 20.0 Å². The van der Waals surface area contributed by atoms with Gasteiger partial charge in [0.05, 0.1) is 23.1 Å². The van der Waals surface area contributed by atoms with E-state index in [1.807, 2.05) is 54.1 Å². The van der Waals surface area contributed by atoms with Crippen molar-refractivity contribution in [3.05, 3.63) is 64.9 Å². The molecule has 4 aromatic rings. The van der Waals surface area contributed by atoms with Gasteiger partial charge in [-0.2, -0.15) is 0 Å². The number of imidazole rings is 1. The Morgan fingerprint density at radius 3 is 2.67 bits per heavy atom. The van der Waals surface area contributed by atoms with Crippen molar-refractivity contribution in [2.75, 3.05) is 0 Å². The first-order valence-corrected chi connectivity index (χ1v) is 8.89. The number of rotatable bonds is 6. The van der Waals surface area contributed by atoms with Gasteiger partial charge in [0.2, 0.25) is 5.91 Å². The minimum absolute atomic E-state index is 0.0668. The van der Waals surface area contributed by atoms with E-state index in [-0.39, 0.29) is 5.91 Å². The predicted octanol–water partition coefficient (Wildman–Crippen LogP) is 2.58. The summed E-state index contributed by atoms with van der Waals surface area (Å²) in [6, 6.07) is 15.1. The molecule has 0 unspecified atom stereocenters. The third-order valence-corrected chi connectivity index (χ3v) is 4.68. The zero-order chi connectivity index (χ0) is 18.8. The number of benzene rings is 2. The van der Waals surface area contributed by atoms with Crippen LogP contribution in [-0.4, -0.2) is 20.0 Å². The van der Waals surface area contributed by atoms with Gasteiger partial charge in [-0.3, -0.25) is 9.36 Å². The summed E-state index contributed by atoms with van der Waals surface area (Å²) in [6.45, 7) is 0.814. The number of aryl methyl sites for hydroxylation is 2. The molecule has 2 heterocycles. The Kier molecular flexibility index (Phi) is 4.50. The van der Waals surface area contributed by atoms with Crippen LogP contribution in [0.2, 0.25) is 0 Å². The Bertz CT molecular complexity index is 1170. The van der Waals surface area contributed by atoms with E-state index in [1.54, 1.807) is 10.6 Å². The molecule has 0 bridgehead atoms. The summed E-state index contributed by atoms with van der Waals surface area (Å²) < 4.78 is 8.74. The van der Waals surface area contributed by atoms with Crippen molar-refractivity contribution >= 4 is 28.0 Å². The molecule has 1 amide bonds. The molecule has 27 heavy (non-hydrogen) atoms. The number of nitrogens with zero attached hydrogens (tertiary/aromatic N) is 3. The Morgan fingerprint density at radius 1 is 1.11 bits per heavy atom. The SMILES string of the molecule is Cn1c(CNC(=O)CCCn2c(=O)oc3ccccc32)nc2ccccc21. The summed E-state index contributed by atoms with van der Waals surface area (Å²) in [5, 5.41) is 2.90. The highest BCUT2D eigenvalue weighted by atomic mass is 16.4. The van der Waals surface area contributed by atoms with Crippen molar-refractivity contribution in [3.8, 4) is 0 Å². The van der Waals surface area contributed by atoms with Crippen LogP contribution in [0.5, 0.6) is 0 Å². The number of carbonyl (C=O) groups excluding carboxylic acids is 1. The van der Waals surface area contributed by atoms with Crippen LogP contribution >= 0.6 is 0 Å². The summed E-state index contributed by atoms with van der Waals surface area (Å²) in [6.07, 6.45) is 0.883. The third-order valence-electron chi connectivity index (χ3n) is 4.68. The van der Waals surface area contributed by atoms with E-state index < -0.39 is 5.76 Å². The van der Waals surface area contributed by atoms with E-state index in [2.05, 4.69) is 10.3 Å². The molecule has 7 heteroatoms. The molecule has 138 valence electrons. The highest BCUT2D eigenvalue weighted by molar-refractivity contribution is 5.77. The zero-order valence-corrected chi connectivity index (χ0v) is 15.0. The van der Waals surface area contributed by atoms with Crippen LogP contribution in [0.4, 0.5) is 0 Å². The first-order chi connectivity index (χ1) is 13.1. The van der Waals surface area contributed by atoms with Crippen molar-refractivity contribution in [2.45, 2.75) is 25.9 Å². The second-order valence-corrected chi connectivity index (χ2v) is 6.44. The van der Waals surface area contributed by atoms with Crippen LogP contribution in [0.1, 0.15) is 18.7 Å². The van der Waals surface area contributed by atoms with Crippen molar-refractivity contribution in [3.63, 3.8) is 0 Å². The molecular formula is C20H20N4O3. The first-order valence-electron chi connectivity index (χ1n) is 8.89. The summed E-state index contributed by atoms with van der Waals surface area (Å²) in [7, 11) is 1.94. The lowest BCUT2D eigenvalue weighted by atomic mass is 10.2. The number of oxazole rings is 1. The largest absolute Gasteiger partial charge is 0.419 e. The summed E-state index contributed by atoms with van der Waals surface area (Å²) in [5.41, 5.74) is 3.26. The Morgan fingerprint density at radius 2 is 1.85 bits per heavy atom. The summed E-state index contributed by atoms with van der Waals surface area (Å²) in [5.74, 6) is 0.348. The van der Waals surface area contributed by atoms with Crippen LogP contribution in [-0.2, 0) is 24.9 Å². The monoisotopic (exact) mass is 364 g/mol. The van der Waals surface area contributed by atoms with Crippen LogP contribution in [0.3, 0.4) is 0 Å². The van der Waals surface area contributed by atoms with Crippen molar-refractivity contribution in [1.82, 2.24) is 19.4 Å². The van der Waals surface area contributed by atoms with Gasteiger partial charge in [0.15, 0.2) is 5.58 Å². The molecule has 7 nitrogen and oxygen atoms in total. The molecule has 0 saturated heterocycles. The summed E-state index contributed by atoms with van der Waals surface area (Å²) >= 11 is 0. The molecule has 0 spiro atoms. The van der Waals surface area contributed by atoms with Gasteiger partial charge < -0.3 is 14.3 Å². The molecule has 1 N–H and O–H groups in total. The highest BCUT2D eigenvalue weighted by Crippen LogP contribution is 2.14. The maximum Gasteiger partial charge on any atom is 0.419 e. The molecule has 0 aliphatic heterocycles. The minimum Gasteiger partial charge on any atom is -0.408 e. The molecule has 4 rings (SSSR count). The first kappa shape index (κ1) is 17.1. The van der Waals surface area contributed by atoms with Crippen molar-refractivity contribution in [1.29, 1.82) is 0 Å². The lowest BCUT2D eigenvalue weighted by molar-refractivity contribution is -0.121. The van der Waals surface area contributed by atoms with Gasteiger partial charge in [-0.25, -0.2) is 9.78 Å². The Balaban J connectivity index is 1.34. The van der Waals surface area contributed by atoms with Gasteiger partial charge in [-0.05, 0) is 30.7 Å². The number of fused-ring (bicyclic) bond motifs is 2. The number of nitrogens with one attached hydrogen (secondary N) is 1. The summed E-state index contributed by atoms with van der Waals surface area (Å²) in [4.78, 5) is 28.6. The van der Waals surface area contributed by atoms with Crippen LogP contribution in [0, 0.1) is 0 Å². The average Bonchev–Trinajstić information content (AvgIpc) is 3.17. The van der Waals surface area contributed by atoms with Gasteiger partial charge >= 0.3 is 5.76 Å². The predicted molar refractivity (Wildman–Crippen MR) is 102 cm³/mol. The quantitative estimate of drug-likeness (QED) is 0.570. The fourth-order valence-electron chi connectivity index (χ4n) is 3.24. The fourth-order valence-corrected chi connectivity index (χ4v) is 3.24. The molecule has 0 aliphatic carbocycles. The van der Waals surface area contributed by atoms with E-state index >= 15 is 0 Å². The standard InChI is InChI=1S/C20H20N4O3/c1-23-15-8-3-2-7-14(15)22-18(23)13-21-19(25)11-6-12-24-16-9-4-5-10-17(16)27-20(24)26/h2-5,7-10H,6,11-13H2,1H3,(H,21,25). The van der Waals surface area contributed by atoms with E-state index in [0.29, 0.717) is 31.5 Å². The van der Waals surface area contributed by atoms with Gasteiger partial charge in [-0.1, -0.05) is 24.3 Å². The molecule has 0 aliphatic rings. The average molecular weight is 364 g/mol. The van der Waals surface area contributed by atoms with Gasteiger partial charge in [-0.15, -0.1) is 0 Å². The van der Waals surface area contributed by atoms with Crippen LogP contribution in [0.25, 0.3) is 22.1 Å². The van der Waals surface area contributed by atoms with E-state index in [9.17, 15) is 9.59 Å². The lowest BCUT2D eigenvalue weighted by Gasteiger charge is -2.06. The topological polar surface area (TPSA) is 82.1 Å². The van der Waals surface area contributed by atoms with Crippen molar-refractivity contribution < 1.29 is 9.21 Å².